The first kappa shape index (κ1) is 28.4. The zero-order valence-electron chi connectivity index (χ0n) is 27.4. The average molecular weight is 637 g/mol. The monoisotopic (exact) mass is 636 g/mol. The minimum absolute atomic E-state index is 1.17. The third-order valence-electron chi connectivity index (χ3n) is 10.2. The zero-order valence-corrected chi connectivity index (χ0v) is 27.4. The van der Waals surface area contributed by atoms with Crippen LogP contribution < -0.4 is 0 Å². The number of para-hydroxylation sites is 2. The maximum Gasteiger partial charge on any atom is 0.0528 e. The fraction of sp³-hybridized carbons (Fsp3) is 0. The molecule has 2 aromatic heterocycles. The maximum atomic E-state index is 2.40. The van der Waals surface area contributed by atoms with Gasteiger partial charge in [0.2, 0.25) is 0 Å². The van der Waals surface area contributed by atoms with Gasteiger partial charge in [-0.1, -0.05) is 115 Å². The largest absolute Gasteiger partial charge is 0.317 e. The first-order chi connectivity index (χ1) is 24.8. The number of hydrogen-bond acceptors (Lipinski definition) is 0. The second-order valence-corrected chi connectivity index (χ2v) is 13.0. The molecule has 0 fully saturated rings. The standard InChI is InChI=1S/C48H32N2/c1-4-12-33(13-5-1)34-20-23-43-44(32-34)48(38-22-25-46-36(31-38)27-29-50(46)40-16-8-3-9-17-40)42-19-11-10-18-41(42)47(43)37-21-24-45-35(30-37)26-28-49(45)39-14-6-2-7-15-39/h1-32H. The molecule has 0 N–H and O–H groups in total. The highest BCUT2D eigenvalue weighted by atomic mass is 15.0. The summed E-state index contributed by atoms with van der Waals surface area (Å²) in [6.07, 6.45) is 4.36. The predicted molar refractivity (Wildman–Crippen MR) is 211 cm³/mol. The van der Waals surface area contributed by atoms with E-state index in [1.165, 1.54) is 88.1 Å². The van der Waals surface area contributed by atoms with Gasteiger partial charge in [-0.05, 0) is 122 Å². The van der Waals surface area contributed by atoms with Crippen LogP contribution in [0.4, 0.5) is 0 Å². The topological polar surface area (TPSA) is 9.86 Å². The molecule has 0 aliphatic heterocycles. The number of aromatic nitrogens is 2. The molecule has 0 saturated heterocycles. The molecular weight excluding hydrogens is 605 g/mol. The Labute approximate surface area is 290 Å². The second-order valence-electron chi connectivity index (χ2n) is 13.0. The van der Waals surface area contributed by atoms with Crippen molar-refractivity contribution in [3.8, 4) is 44.8 Å². The van der Waals surface area contributed by atoms with Crippen LogP contribution >= 0.6 is 0 Å². The molecule has 234 valence electrons. The van der Waals surface area contributed by atoms with Gasteiger partial charge < -0.3 is 9.13 Å². The summed E-state index contributed by atoms with van der Waals surface area (Å²) in [7, 11) is 0. The summed E-state index contributed by atoms with van der Waals surface area (Å²) < 4.78 is 4.54. The lowest BCUT2D eigenvalue weighted by Crippen LogP contribution is -1.93. The highest BCUT2D eigenvalue weighted by Gasteiger charge is 2.19. The van der Waals surface area contributed by atoms with E-state index in [2.05, 4.69) is 204 Å². The molecule has 0 saturated carbocycles. The third-order valence-corrected chi connectivity index (χ3v) is 10.2. The van der Waals surface area contributed by atoms with Crippen LogP contribution in [0.25, 0.3) is 88.1 Å². The van der Waals surface area contributed by atoms with E-state index in [0.717, 1.165) is 0 Å². The van der Waals surface area contributed by atoms with Gasteiger partial charge in [-0.2, -0.15) is 0 Å². The number of nitrogens with zero attached hydrogens (tertiary/aromatic N) is 2. The van der Waals surface area contributed by atoms with E-state index in [4.69, 9.17) is 0 Å². The summed E-state index contributed by atoms with van der Waals surface area (Å²) >= 11 is 0. The fourth-order valence-corrected chi connectivity index (χ4v) is 7.83. The van der Waals surface area contributed by atoms with Gasteiger partial charge in [0, 0.05) is 34.5 Å². The summed E-state index contributed by atoms with van der Waals surface area (Å²) in [5, 5.41) is 7.46. The van der Waals surface area contributed by atoms with E-state index in [1.807, 2.05) is 0 Å². The van der Waals surface area contributed by atoms with E-state index in [9.17, 15) is 0 Å². The van der Waals surface area contributed by atoms with Crippen LogP contribution in [0.1, 0.15) is 0 Å². The van der Waals surface area contributed by atoms with Crippen molar-refractivity contribution in [2.75, 3.05) is 0 Å². The van der Waals surface area contributed by atoms with Crippen LogP contribution in [0.15, 0.2) is 194 Å². The third kappa shape index (κ3) is 4.57. The Balaban J connectivity index is 1.23. The fourth-order valence-electron chi connectivity index (χ4n) is 7.83. The number of fused-ring (bicyclic) bond motifs is 4. The van der Waals surface area contributed by atoms with Crippen molar-refractivity contribution in [1.29, 1.82) is 0 Å². The molecule has 0 unspecified atom stereocenters. The number of rotatable bonds is 5. The van der Waals surface area contributed by atoms with Gasteiger partial charge in [-0.25, -0.2) is 0 Å². The second kappa shape index (κ2) is 11.5. The predicted octanol–water partition coefficient (Wildman–Crippen LogP) is 12.9. The van der Waals surface area contributed by atoms with Gasteiger partial charge in [-0.15, -0.1) is 0 Å². The lowest BCUT2D eigenvalue weighted by molar-refractivity contribution is 1.13. The van der Waals surface area contributed by atoms with Gasteiger partial charge in [0.25, 0.3) is 0 Å². The molecule has 10 aromatic rings. The van der Waals surface area contributed by atoms with E-state index in [0.29, 0.717) is 0 Å². The Morgan fingerprint density at radius 1 is 0.280 bits per heavy atom. The lowest BCUT2D eigenvalue weighted by atomic mass is 9.84. The highest BCUT2D eigenvalue weighted by Crippen LogP contribution is 2.46. The van der Waals surface area contributed by atoms with Crippen molar-refractivity contribution < 1.29 is 0 Å². The molecule has 0 aliphatic rings. The summed E-state index contributed by atoms with van der Waals surface area (Å²) in [4.78, 5) is 0. The first-order valence-corrected chi connectivity index (χ1v) is 17.2. The van der Waals surface area contributed by atoms with E-state index >= 15 is 0 Å². The zero-order chi connectivity index (χ0) is 33.0. The van der Waals surface area contributed by atoms with Crippen molar-refractivity contribution in [2.45, 2.75) is 0 Å². The summed E-state index contributed by atoms with van der Waals surface area (Å²) in [5.74, 6) is 0. The van der Waals surface area contributed by atoms with Crippen LogP contribution in [0.2, 0.25) is 0 Å². The smallest absolute Gasteiger partial charge is 0.0528 e. The molecule has 2 heteroatoms. The van der Waals surface area contributed by atoms with Crippen LogP contribution in [-0.4, -0.2) is 9.13 Å². The molecule has 2 heterocycles. The quantitative estimate of drug-likeness (QED) is 0.166. The Morgan fingerprint density at radius 2 is 0.720 bits per heavy atom. The Kier molecular flexibility index (Phi) is 6.53. The van der Waals surface area contributed by atoms with Gasteiger partial charge in [0.1, 0.15) is 0 Å². The van der Waals surface area contributed by atoms with Gasteiger partial charge in [-0.3, -0.25) is 0 Å². The Hall–Kier alpha value is -6.64. The van der Waals surface area contributed by atoms with Gasteiger partial charge in [0.05, 0.1) is 11.0 Å². The molecule has 0 atom stereocenters. The summed E-state index contributed by atoms with van der Waals surface area (Å²) in [6, 6.07) is 66.2. The van der Waals surface area contributed by atoms with Crippen LogP contribution in [0.3, 0.4) is 0 Å². The molecule has 50 heavy (non-hydrogen) atoms. The van der Waals surface area contributed by atoms with Crippen molar-refractivity contribution in [2.24, 2.45) is 0 Å². The number of hydrogen-bond donors (Lipinski definition) is 0. The van der Waals surface area contributed by atoms with E-state index in [1.54, 1.807) is 0 Å². The molecule has 0 amide bonds. The first-order valence-electron chi connectivity index (χ1n) is 17.2. The number of benzene rings is 8. The maximum absolute atomic E-state index is 2.40. The molecular formula is C48H32N2. The van der Waals surface area contributed by atoms with E-state index in [-0.39, 0.29) is 0 Å². The lowest BCUT2D eigenvalue weighted by Gasteiger charge is -2.19. The minimum Gasteiger partial charge on any atom is -0.317 e. The molecule has 0 aliphatic carbocycles. The molecule has 2 nitrogen and oxygen atoms in total. The Bertz CT molecular complexity index is 2840. The van der Waals surface area contributed by atoms with Crippen molar-refractivity contribution >= 4 is 43.4 Å². The van der Waals surface area contributed by atoms with Crippen molar-refractivity contribution in [3.63, 3.8) is 0 Å². The van der Waals surface area contributed by atoms with Crippen LogP contribution in [-0.2, 0) is 0 Å². The molecule has 0 bridgehead atoms. The molecule has 0 spiro atoms. The molecule has 0 radical (unpaired) electrons. The van der Waals surface area contributed by atoms with Gasteiger partial charge >= 0.3 is 0 Å². The highest BCUT2D eigenvalue weighted by molar-refractivity contribution is 6.22. The average Bonchev–Trinajstić information content (AvgIpc) is 3.82. The summed E-state index contributed by atoms with van der Waals surface area (Å²) in [6.45, 7) is 0. The van der Waals surface area contributed by atoms with E-state index < -0.39 is 0 Å². The SMILES string of the molecule is c1ccc(-c2ccc3c(-c4ccc5c(ccn5-c5ccccc5)c4)c4ccccc4c(-c4ccc5c(ccn5-c5ccccc5)c4)c3c2)cc1. The van der Waals surface area contributed by atoms with Crippen molar-refractivity contribution in [1.82, 2.24) is 9.13 Å². The molecule has 10 rings (SSSR count). The normalized spacial score (nSPS) is 11.6. The minimum atomic E-state index is 1.17. The summed E-state index contributed by atoms with van der Waals surface area (Å²) in [5.41, 5.74) is 12.1. The van der Waals surface area contributed by atoms with Crippen LogP contribution in [0, 0.1) is 0 Å². The van der Waals surface area contributed by atoms with Crippen LogP contribution in [0.5, 0.6) is 0 Å². The van der Waals surface area contributed by atoms with Crippen molar-refractivity contribution in [3.05, 3.63) is 194 Å². The molecule has 8 aromatic carbocycles. The Morgan fingerprint density at radius 3 is 1.26 bits per heavy atom. The van der Waals surface area contributed by atoms with Gasteiger partial charge in [0.15, 0.2) is 0 Å².